The van der Waals surface area contributed by atoms with Crippen molar-refractivity contribution in [1.29, 1.82) is 0 Å². The molecule has 5 rings (SSSR count). The number of anilines is 1. The van der Waals surface area contributed by atoms with E-state index in [4.69, 9.17) is 0 Å². The van der Waals surface area contributed by atoms with E-state index >= 15 is 0 Å². The van der Waals surface area contributed by atoms with Gasteiger partial charge in [0.1, 0.15) is 5.82 Å². The van der Waals surface area contributed by atoms with Gasteiger partial charge >= 0.3 is 0 Å². The van der Waals surface area contributed by atoms with E-state index in [1.54, 1.807) is 24.3 Å². The minimum Gasteiger partial charge on any atom is -0.367 e. The summed E-state index contributed by atoms with van der Waals surface area (Å²) in [6.07, 6.45) is 5.47. The molecule has 0 radical (unpaired) electrons. The fraction of sp³-hybridized carbons (Fsp3) is 0.423. The maximum atomic E-state index is 13.6. The lowest BCUT2D eigenvalue weighted by atomic mass is 9.88. The van der Waals surface area contributed by atoms with Crippen LogP contribution in [-0.4, -0.2) is 53.7 Å². The van der Waals surface area contributed by atoms with Crippen molar-refractivity contribution < 1.29 is 18.8 Å². The fourth-order valence-electron chi connectivity index (χ4n) is 5.32. The lowest BCUT2D eigenvalue weighted by molar-refractivity contribution is -0.136. The zero-order chi connectivity index (χ0) is 22.9. The topological polar surface area (TPSA) is 60.9 Å². The highest BCUT2D eigenvalue weighted by Crippen LogP contribution is 2.33. The molecule has 7 heteroatoms. The first-order valence-electron chi connectivity index (χ1n) is 11.8. The van der Waals surface area contributed by atoms with Crippen molar-refractivity contribution >= 4 is 23.4 Å². The second-order valence-electron chi connectivity index (χ2n) is 9.17. The number of nitrogens with zero attached hydrogens (tertiary/aromatic N) is 3. The molecule has 3 aliphatic rings. The van der Waals surface area contributed by atoms with Gasteiger partial charge in [-0.2, -0.15) is 0 Å². The van der Waals surface area contributed by atoms with Crippen LogP contribution in [0.4, 0.5) is 10.1 Å². The Balaban J connectivity index is 1.31. The monoisotopic (exact) mass is 449 g/mol. The molecule has 6 nitrogen and oxygen atoms in total. The molecular weight excluding hydrogens is 421 g/mol. The van der Waals surface area contributed by atoms with Crippen molar-refractivity contribution in [3.63, 3.8) is 0 Å². The summed E-state index contributed by atoms with van der Waals surface area (Å²) in [6.45, 7) is 2.52. The highest BCUT2D eigenvalue weighted by molar-refractivity contribution is 6.23. The Bertz CT molecular complexity index is 1090. The third kappa shape index (κ3) is 4.12. The predicted octanol–water partition coefficient (Wildman–Crippen LogP) is 3.85. The van der Waals surface area contributed by atoms with Crippen LogP contribution < -0.4 is 4.90 Å². The summed E-state index contributed by atoms with van der Waals surface area (Å²) in [5.41, 5.74) is 2.10. The van der Waals surface area contributed by atoms with Crippen molar-refractivity contribution in [3.8, 4) is 0 Å². The molecule has 1 saturated heterocycles. The lowest BCUT2D eigenvalue weighted by Crippen LogP contribution is -2.51. The molecule has 33 heavy (non-hydrogen) atoms. The van der Waals surface area contributed by atoms with Gasteiger partial charge in [-0.15, -0.1) is 0 Å². The third-order valence-electron chi connectivity index (χ3n) is 7.09. The summed E-state index contributed by atoms with van der Waals surface area (Å²) in [6, 6.07) is 11.3. The smallest absolute Gasteiger partial charge is 0.263 e. The zero-order valence-corrected chi connectivity index (χ0v) is 18.6. The maximum absolute atomic E-state index is 13.6. The van der Waals surface area contributed by atoms with E-state index in [2.05, 4.69) is 4.90 Å². The lowest BCUT2D eigenvalue weighted by Gasteiger charge is -2.38. The number of carbonyl (C=O) groups excluding carboxylic acids is 3. The first-order chi connectivity index (χ1) is 16.0. The van der Waals surface area contributed by atoms with E-state index in [9.17, 15) is 18.8 Å². The molecule has 2 aromatic carbocycles. The van der Waals surface area contributed by atoms with Gasteiger partial charge in [0.25, 0.3) is 11.8 Å². The molecule has 2 aliphatic heterocycles. The Labute approximate surface area is 193 Å². The van der Waals surface area contributed by atoms with Crippen LogP contribution >= 0.6 is 0 Å². The quantitative estimate of drug-likeness (QED) is 0.666. The summed E-state index contributed by atoms with van der Waals surface area (Å²) in [5.74, 6) is -0.685. The number of hydrogen-bond acceptors (Lipinski definition) is 4. The van der Waals surface area contributed by atoms with Gasteiger partial charge in [-0.3, -0.25) is 19.3 Å². The molecule has 172 valence electrons. The normalized spacial score (nSPS) is 19.2. The Morgan fingerprint density at radius 1 is 0.909 bits per heavy atom. The summed E-state index contributed by atoms with van der Waals surface area (Å²) in [5, 5.41) is 0. The summed E-state index contributed by atoms with van der Waals surface area (Å²) in [7, 11) is 0. The Kier molecular flexibility index (Phi) is 5.87. The molecule has 1 saturated carbocycles. The Morgan fingerprint density at radius 2 is 1.64 bits per heavy atom. The van der Waals surface area contributed by atoms with E-state index in [0.29, 0.717) is 42.9 Å². The number of halogens is 1. The standard InChI is InChI=1S/C26H28FN3O3/c27-20-9-4-6-18(16-20)17-30-25(32)21-10-5-11-22(23(21)26(30)33)28-12-14-29(15-13-28)24(31)19-7-2-1-3-8-19/h4-6,9-11,16,19H,1-3,7-8,12-15,17H2. The van der Waals surface area contributed by atoms with Gasteiger partial charge in [0.05, 0.1) is 23.4 Å². The summed E-state index contributed by atoms with van der Waals surface area (Å²) < 4.78 is 13.6. The Morgan fingerprint density at radius 3 is 2.36 bits per heavy atom. The van der Waals surface area contributed by atoms with E-state index in [1.807, 2.05) is 11.0 Å². The first kappa shape index (κ1) is 21.6. The second kappa shape index (κ2) is 8.96. The number of imide groups is 1. The van der Waals surface area contributed by atoms with Crippen molar-refractivity contribution in [2.24, 2.45) is 5.92 Å². The molecule has 1 aliphatic carbocycles. The van der Waals surface area contributed by atoms with Crippen molar-refractivity contribution in [2.45, 2.75) is 38.6 Å². The van der Waals surface area contributed by atoms with Gasteiger partial charge in [-0.25, -0.2) is 4.39 Å². The minimum absolute atomic E-state index is 0.0349. The van der Waals surface area contributed by atoms with Gasteiger partial charge in [0.15, 0.2) is 0 Å². The minimum atomic E-state index is -0.398. The molecule has 2 fully saturated rings. The number of amides is 3. The molecule has 0 spiro atoms. The van der Waals surface area contributed by atoms with Crippen LogP contribution in [0.3, 0.4) is 0 Å². The van der Waals surface area contributed by atoms with Crippen molar-refractivity contribution in [2.75, 3.05) is 31.1 Å². The van der Waals surface area contributed by atoms with Gasteiger partial charge in [-0.1, -0.05) is 37.5 Å². The summed E-state index contributed by atoms with van der Waals surface area (Å²) >= 11 is 0. The van der Waals surface area contributed by atoms with Gasteiger partial charge < -0.3 is 9.80 Å². The molecule has 2 heterocycles. The molecule has 0 bridgehead atoms. The van der Waals surface area contributed by atoms with Crippen molar-refractivity contribution in [1.82, 2.24) is 9.80 Å². The maximum Gasteiger partial charge on any atom is 0.263 e. The van der Waals surface area contributed by atoms with E-state index in [1.165, 1.54) is 23.5 Å². The van der Waals surface area contributed by atoms with E-state index in [-0.39, 0.29) is 30.2 Å². The van der Waals surface area contributed by atoms with Crippen LogP contribution in [0.2, 0.25) is 0 Å². The third-order valence-corrected chi connectivity index (χ3v) is 7.09. The van der Waals surface area contributed by atoms with Crippen molar-refractivity contribution in [3.05, 3.63) is 65.0 Å². The largest absolute Gasteiger partial charge is 0.367 e. The van der Waals surface area contributed by atoms with Crippen LogP contribution in [-0.2, 0) is 11.3 Å². The highest BCUT2D eigenvalue weighted by atomic mass is 19.1. The van der Waals surface area contributed by atoms with Gasteiger partial charge in [-0.05, 0) is 42.7 Å². The number of fused-ring (bicyclic) bond motifs is 1. The number of piperazine rings is 1. The average molecular weight is 450 g/mol. The van der Waals surface area contributed by atoms with Gasteiger partial charge in [0.2, 0.25) is 5.91 Å². The molecule has 0 aromatic heterocycles. The molecule has 0 atom stereocenters. The Hall–Kier alpha value is -3.22. The SMILES string of the molecule is O=C(C1CCCCC1)N1CCN(c2cccc3c2C(=O)N(Cc2cccc(F)c2)C3=O)CC1. The number of hydrogen-bond donors (Lipinski definition) is 0. The fourth-order valence-corrected chi connectivity index (χ4v) is 5.32. The number of rotatable bonds is 4. The molecule has 2 aromatic rings. The average Bonchev–Trinajstić information content (AvgIpc) is 3.09. The summed E-state index contributed by atoms with van der Waals surface area (Å²) in [4.78, 5) is 44.4. The first-order valence-corrected chi connectivity index (χ1v) is 11.8. The molecule has 0 unspecified atom stereocenters. The molecule has 0 N–H and O–H groups in total. The van der Waals surface area contributed by atoms with E-state index in [0.717, 1.165) is 31.4 Å². The van der Waals surface area contributed by atoms with Crippen LogP contribution in [0.5, 0.6) is 0 Å². The van der Waals surface area contributed by atoms with E-state index < -0.39 is 5.82 Å². The molecule has 3 amide bonds. The number of benzene rings is 2. The second-order valence-corrected chi connectivity index (χ2v) is 9.17. The van der Waals surface area contributed by atoms with Crippen LogP contribution in [0.25, 0.3) is 0 Å². The molecular formula is C26H28FN3O3. The zero-order valence-electron chi connectivity index (χ0n) is 18.6. The van der Waals surface area contributed by atoms with Crippen LogP contribution in [0, 0.1) is 11.7 Å². The number of carbonyl (C=O) groups is 3. The predicted molar refractivity (Wildman–Crippen MR) is 122 cm³/mol. The van der Waals surface area contributed by atoms with Gasteiger partial charge in [0, 0.05) is 32.1 Å². The van der Waals surface area contributed by atoms with Crippen LogP contribution in [0.15, 0.2) is 42.5 Å². The highest BCUT2D eigenvalue weighted by Gasteiger charge is 2.39. The van der Waals surface area contributed by atoms with Crippen LogP contribution in [0.1, 0.15) is 58.4 Å².